The van der Waals surface area contributed by atoms with Gasteiger partial charge in [-0.2, -0.15) is 0 Å². The molecule has 0 spiro atoms. The van der Waals surface area contributed by atoms with Gasteiger partial charge in [0.1, 0.15) is 6.04 Å². The first-order valence-corrected chi connectivity index (χ1v) is 12.6. The third-order valence-electron chi connectivity index (χ3n) is 4.74. The molecule has 1 atom stereocenters. The topological polar surface area (TPSA) is 49.4 Å². The average Bonchev–Trinajstić information content (AvgIpc) is 2.75. The van der Waals surface area contributed by atoms with Gasteiger partial charge in [-0.1, -0.05) is 53.5 Å². The summed E-state index contributed by atoms with van der Waals surface area (Å²) >= 11 is 11.1. The molecule has 2 aromatic carbocycles. The fourth-order valence-corrected chi connectivity index (χ4v) is 4.15. The second kappa shape index (κ2) is 13.1. The molecule has 31 heavy (non-hydrogen) atoms. The number of thioether (sulfide) groups is 1. The standard InChI is InChI=1S/C24H30BrClN2O2S/c1-17(2)15-27-24(30)18(3)28(16-19-6-8-20(25)9-7-19)23(29)5-4-14-31-22-12-10-21(26)11-13-22/h6-13,17-18H,4-5,14-16H2,1-3H3,(H,27,30)/t18-/m1/s1. The number of carbonyl (C=O) groups excluding carboxylic acids is 2. The van der Waals surface area contributed by atoms with Crippen LogP contribution in [-0.4, -0.2) is 35.1 Å². The van der Waals surface area contributed by atoms with E-state index >= 15 is 0 Å². The molecular formula is C24H30BrClN2O2S. The van der Waals surface area contributed by atoms with Crippen molar-refractivity contribution in [3.05, 3.63) is 63.6 Å². The number of nitrogens with one attached hydrogen (secondary N) is 1. The van der Waals surface area contributed by atoms with Crippen LogP contribution in [0.1, 0.15) is 39.2 Å². The zero-order valence-corrected chi connectivity index (χ0v) is 21.4. The van der Waals surface area contributed by atoms with Crippen molar-refractivity contribution in [2.45, 2.75) is 51.1 Å². The predicted octanol–water partition coefficient (Wildman–Crippen LogP) is 6.16. The Morgan fingerprint density at radius 1 is 1.06 bits per heavy atom. The van der Waals surface area contributed by atoms with E-state index in [9.17, 15) is 9.59 Å². The van der Waals surface area contributed by atoms with E-state index < -0.39 is 6.04 Å². The smallest absolute Gasteiger partial charge is 0.242 e. The van der Waals surface area contributed by atoms with Crippen molar-refractivity contribution in [3.63, 3.8) is 0 Å². The highest BCUT2D eigenvalue weighted by molar-refractivity contribution is 9.10. The maximum Gasteiger partial charge on any atom is 0.242 e. The summed E-state index contributed by atoms with van der Waals surface area (Å²) in [6.07, 6.45) is 1.14. The Balaban J connectivity index is 1.97. The summed E-state index contributed by atoms with van der Waals surface area (Å²) in [6, 6.07) is 15.0. The monoisotopic (exact) mass is 524 g/mol. The van der Waals surface area contributed by atoms with Crippen molar-refractivity contribution in [3.8, 4) is 0 Å². The molecule has 0 heterocycles. The van der Waals surface area contributed by atoms with Crippen LogP contribution in [-0.2, 0) is 16.1 Å². The molecule has 0 fully saturated rings. The molecule has 2 rings (SSSR count). The van der Waals surface area contributed by atoms with Gasteiger partial charge in [0, 0.05) is 33.9 Å². The minimum atomic E-state index is -0.529. The van der Waals surface area contributed by atoms with Gasteiger partial charge < -0.3 is 10.2 Å². The molecule has 2 aromatic rings. The average molecular weight is 526 g/mol. The fourth-order valence-electron chi connectivity index (χ4n) is 2.91. The van der Waals surface area contributed by atoms with Crippen molar-refractivity contribution in [1.82, 2.24) is 10.2 Å². The maximum atomic E-state index is 13.1. The van der Waals surface area contributed by atoms with Crippen LogP contribution in [0.25, 0.3) is 0 Å². The lowest BCUT2D eigenvalue weighted by atomic mass is 10.1. The van der Waals surface area contributed by atoms with Gasteiger partial charge >= 0.3 is 0 Å². The molecule has 0 radical (unpaired) electrons. The molecule has 4 nitrogen and oxygen atoms in total. The molecule has 168 valence electrons. The number of carbonyl (C=O) groups is 2. The molecule has 7 heteroatoms. The fraction of sp³-hybridized carbons (Fsp3) is 0.417. The second-order valence-electron chi connectivity index (χ2n) is 7.87. The van der Waals surface area contributed by atoms with Gasteiger partial charge in [-0.05, 0) is 67.0 Å². The van der Waals surface area contributed by atoms with E-state index in [4.69, 9.17) is 11.6 Å². The summed E-state index contributed by atoms with van der Waals surface area (Å²) in [7, 11) is 0. The molecule has 0 aliphatic heterocycles. The van der Waals surface area contributed by atoms with E-state index in [1.807, 2.05) is 62.4 Å². The van der Waals surface area contributed by atoms with E-state index in [-0.39, 0.29) is 11.8 Å². The summed E-state index contributed by atoms with van der Waals surface area (Å²) in [6.45, 7) is 6.91. The Morgan fingerprint density at radius 2 is 1.71 bits per heavy atom. The van der Waals surface area contributed by atoms with Crippen LogP contribution in [0.4, 0.5) is 0 Å². The zero-order valence-electron chi connectivity index (χ0n) is 18.2. The summed E-state index contributed by atoms with van der Waals surface area (Å²) in [5, 5.41) is 3.67. The summed E-state index contributed by atoms with van der Waals surface area (Å²) < 4.78 is 0.982. The predicted molar refractivity (Wildman–Crippen MR) is 133 cm³/mol. The van der Waals surface area contributed by atoms with Crippen LogP contribution in [0.15, 0.2) is 57.9 Å². The van der Waals surface area contributed by atoms with Crippen LogP contribution in [0.3, 0.4) is 0 Å². The minimum absolute atomic E-state index is 0.00757. The maximum absolute atomic E-state index is 13.1. The number of amides is 2. The molecule has 1 N–H and O–H groups in total. The number of halogens is 2. The highest BCUT2D eigenvalue weighted by Gasteiger charge is 2.25. The third-order valence-corrected chi connectivity index (χ3v) is 6.61. The SMILES string of the molecule is CC(C)CNC(=O)[C@@H](C)N(Cc1ccc(Br)cc1)C(=O)CCCSc1ccc(Cl)cc1. The lowest BCUT2D eigenvalue weighted by Crippen LogP contribution is -2.48. The van der Waals surface area contributed by atoms with Crippen molar-refractivity contribution in [2.24, 2.45) is 5.92 Å². The molecule has 2 amide bonds. The quantitative estimate of drug-likeness (QED) is 0.282. The first-order valence-electron chi connectivity index (χ1n) is 10.5. The van der Waals surface area contributed by atoms with E-state index in [1.54, 1.807) is 23.6 Å². The second-order valence-corrected chi connectivity index (χ2v) is 10.4. The largest absolute Gasteiger partial charge is 0.354 e. The summed E-state index contributed by atoms with van der Waals surface area (Å²) in [5.41, 5.74) is 0.996. The lowest BCUT2D eigenvalue weighted by molar-refractivity contribution is -0.140. The minimum Gasteiger partial charge on any atom is -0.354 e. The summed E-state index contributed by atoms with van der Waals surface area (Å²) in [4.78, 5) is 28.5. The Labute approximate surface area is 203 Å². The molecule has 0 aliphatic carbocycles. The molecular weight excluding hydrogens is 496 g/mol. The number of nitrogens with zero attached hydrogens (tertiary/aromatic N) is 1. The van der Waals surface area contributed by atoms with Gasteiger partial charge in [0.15, 0.2) is 0 Å². The number of hydrogen-bond acceptors (Lipinski definition) is 3. The van der Waals surface area contributed by atoms with Gasteiger partial charge in [-0.3, -0.25) is 9.59 Å². The van der Waals surface area contributed by atoms with Gasteiger partial charge in [0.05, 0.1) is 0 Å². The highest BCUT2D eigenvalue weighted by Crippen LogP contribution is 2.22. The Hall–Kier alpha value is -1.50. The van der Waals surface area contributed by atoms with Crippen LogP contribution in [0.5, 0.6) is 0 Å². The number of rotatable bonds is 11. The summed E-state index contributed by atoms with van der Waals surface area (Å²) in [5.74, 6) is 1.06. The van der Waals surface area contributed by atoms with E-state index in [1.165, 1.54) is 0 Å². The van der Waals surface area contributed by atoms with Crippen LogP contribution >= 0.6 is 39.3 Å². The van der Waals surface area contributed by atoms with Crippen molar-refractivity contribution >= 4 is 51.1 Å². The van der Waals surface area contributed by atoms with Gasteiger partial charge in [-0.25, -0.2) is 0 Å². The molecule has 0 aliphatic rings. The Morgan fingerprint density at radius 3 is 2.32 bits per heavy atom. The number of hydrogen-bond donors (Lipinski definition) is 1. The normalized spacial score (nSPS) is 11.9. The first-order chi connectivity index (χ1) is 14.8. The Kier molecular flexibility index (Phi) is 10.9. The lowest BCUT2D eigenvalue weighted by Gasteiger charge is -2.29. The zero-order chi connectivity index (χ0) is 22.8. The van der Waals surface area contributed by atoms with Crippen LogP contribution in [0.2, 0.25) is 5.02 Å². The van der Waals surface area contributed by atoms with E-state index in [2.05, 4.69) is 21.2 Å². The van der Waals surface area contributed by atoms with Gasteiger partial charge in [0.2, 0.25) is 11.8 Å². The van der Waals surface area contributed by atoms with Crippen LogP contribution < -0.4 is 5.32 Å². The van der Waals surface area contributed by atoms with Crippen molar-refractivity contribution < 1.29 is 9.59 Å². The van der Waals surface area contributed by atoms with Gasteiger partial charge in [0.25, 0.3) is 0 Å². The van der Waals surface area contributed by atoms with Crippen molar-refractivity contribution in [2.75, 3.05) is 12.3 Å². The van der Waals surface area contributed by atoms with E-state index in [0.29, 0.717) is 30.5 Å². The molecule has 0 saturated carbocycles. The van der Waals surface area contributed by atoms with E-state index in [0.717, 1.165) is 27.1 Å². The van der Waals surface area contributed by atoms with Crippen molar-refractivity contribution in [1.29, 1.82) is 0 Å². The highest BCUT2D eigenvalue weighted by atomic mass is 79.9. The van der Waals surface area contributed by atoms with Gasteiger partial charge in [-0.15, -0.1) is 11.8 Å². The third kappa shape index (κ3) is 9.26. The number of benzene rings is 2. The molecule has 0 aromatic heterocycles. The Bertz CT molecular complexity index is 844. The molecule has 0 unspecified atom stereocenters. The first kappa shape index (κ1) is 25.8. The molecule has 0 bridgehead atoms. The van der Waals surface area contributed by atoms with Crippen LogP contribution in [0, 0.1) is 5.92 Å². The molecule has 0 saturated heterocycles.